The molecule has 0 radical (unpaired) electrons. The molecule has 0 saturated heterocycles. The fourth-order valence-corrected chi connectivity index (χ4v) is 3.48. The summed E-state index contributed by atoms with van der Waals surface area (Å²) < 4.78 is 6.46. The van der Waals surface area contributed by atoms with Crippen molar-refractivity contribution in [3.63, 3.8) is 0 Å². The van der Waals surface area contributed by atoms with Crippen LogP contribution in [-0.4, -0.2) is 24.4 Å². The lowest BCUT2D eigenvalue weighted by Gasteiger charge is -2.40. The van der Waals surface area contributed by atoms with E-state index in [2.05, 4.69) is 44.8 Å². The number of hydrogen-bond acceptors (Lipinski definition) is 3. The van der Waals surface area contributed by atoms with E-state index in [1.165, 1.54) is 0 Å². The standard InChI is InChI=1S/C18H26ClNO3Si/c1-7-8-9-14(17(21)22)16(13-10-11-15(19)20-12-13)23-24(5,6)18(2,3)4/h1,10-12,14,16H,8-9H2,2-6H3,(H,21,22)/t14-,16-/m1/s1. The molecule has 0 aliphatic heterocycles. The molecule has 1 heterocycles. The number of hydrogen-bond donors (Lipinski definition) is 1. The van der Waals surface area contributed by atoms with Crippen LogP contribution < -0.4 is 0 Å². The zero-order valence-corrected chi connectivity index (χ0v) is 16.7. The van der Waals surface area contributed by atoms with Crippen molar-refractivity contribution in [2.75, 3.05) is 0 Å². The fourth-order valence-electron chi connectivity index (χ4n) is 2.08. The summed E-state index contributed by atoms with van der Waals surface area (Å²) in [6.07, 6.45) is 7.06. The topological polar surface area (TPSA) is 59.4 Å². The Bertz CT molecular complexity index is 602. The van der Waals surface area contributed by atoms with E-state index < -0.39 is 26.3 Å². The van der Waals surface area contributed by atoms with E-state index in [-0.39, 0.29) is 5.04 Å². The van der Waals surface area contributed by atoms with Crippen LogP contribution in [0.4, 0.5) is 0 Å². The van der Waals surface area contributed by atoms with Gasteiger partial charge in [0.15, 0.2) is 8.32 Å². The molecule has 0 aromatic carbocycles. The maximum atomic E-state index is 11.8. The van der Waals surface area contributed by atoms with Gasteiger partial charge < -0.3 is 9.53 Å². The fraction of sp³-hybridized carbons (Fsp3) is 0.556. The first-order valence-electron chi connectivity index (χ1n) is 7.95. The number of terminal acetylenes is 1. The smallest absolute Gasteiger partial charge is 0.309 e. The summed E-state index contributed by atoms with van der Waals surface area (Å²) in [6.45, 7) is 10.6. The van der Waals surface area contributed by atoms with Gasteiger partial charge in [-0.3, -0.25) is 4.79 Å². The Hall–Kier alpha value is -1.35. The molecule has 0 amide bonds. The average molecular weight is 368 g/mol. The molecule has 1 N–H and O–H groups in total. The highest BCUT2D eigenvalue weighted by molar-refractivity contribution is 6.74. The minimum Gasteiger partial charge on any atom is -0.481 e. The molecule has 24 heavy (non-hydrogen) atoms. The SMILES string of the molecule is C#CCC[C@@H](C(=O)O)[C@H](O[Si](C)(C)C(C)(C)C)c1ccc(Cl)nc1. The largest absolute Gasteiger partial charge is 0.481 e. The third-order valence-electron chi connectivity index (χ3n) is 4.59. The molecule has 1 rings (SSSR count). The predicted octanol–water partition coefficient (Wildman–Crippen LogP) is 4.91. The number of rotatable bonds is 7. The molecule has 0 saturated carbocycles. The summed E-state index contributed by atoms with van der Waals surface area (Å²) in [5.74, 6) is 0.880. The van der Waals surface area contributed by atoms with E-state index in [4.69, 9.17) is 22.5 Å². The third-order valence-corrected chi connectivity index (χ3v) is 9.27. The van der Waals surface area contributed by atoms with Crippen LogP contribution in [0, 0.1) is 18.3 Å². The van der Waals surface area contributed by atoms with Crippen LogP contribution in [-0.2, 0) is 9.22 Å². The number of pyridine rings is 1. The number of aromatic nitrogens is 1. The highest BCUT2D eigenvalue weighted by Crippen LogP contribution is 2.42. The lowest BCUT2D eigenvalue weighted by Crippen LogP contribution is -2.44. The molecule has 132 valence electrons. The Morgan fingerprint density at radius 1 is 1.46 bits per heavy atom. The van der Waals surface area contributed by atoms with Crippen molar-refractivity contribution in [1.82, 2.24) is 4.98 Å². The van der Waals surface area contributed by atoms with E-state index in [0.29, 0.717) is 23.6 Å². The van der Waals surface area contributed by atoms with Crippen molar-refractivity contribution in [2.24, 2.45) is 5.92 Å². The Labute approximate surface area is 150 Å². The maximum absolute atomic E-state index is 11.8. The van der Waals surface area contributed by atoms with Crippen LogP contribution in [0.2, 0.25) is 23.3 Å². The molecular formula is C18H26ClNO3Si. The first-order chi connectivity index (χ1) is 11.0. The maximum Gasteiger partial charge on any atom is 0.309 e. The van der Waals surface area contributed by atoms with Crippen LogP contribution in [0.5, 0.6) is 0 Å². The lowest BCUT2D eigenvalue weighted by atomic mass is 9.92. The number of nitrogens with zero attached hydrogens (tertiary/aromatic N) is 1. The van der Waals surface area contributed by atoms with Crippen LogP contribution in [0.1, 0.15) is 45.3 Å². The summed E-state index contributed by atoms with van der Waals surface area (Å²) >= 11 is 5.86. The van der Waals surface area contributed by atoms with Crippen LogP contribution in [0.15, 0.2) is 18.3 Å². The van der Waals surface area contributed by atoms with E-state index in [1.54, 1.807) is 18.3 Å². The van der Waals surface area contributed by atoms with Crippen molar-refractivity contribution in [2.45, 2.75) is 57.8 Å². The molecule has 1 aromatic rings. The van der Waals surface area contributed by atoms with E-state index in [0.717, 1.165) is 0 Å². The molecule has 4 nitrogen and oxygen atoms in total. The summed E-state index contributed by atoms with van der Waals surface area (Å²) in [6, 6.07) is 3.43. The van der Waals surface area contributed by atoms with Crippen molar-refractivity contribution >= 4 is 25.9 Å². The second kappa shape index (κ2) is 8.15. The Kier molecular flexibility index (Phi) is 7.03. The van der Waals surface area contributed by atoms with Gasteiger partial charge in [-0.2, -0.15) is 0 Å². The minimum absolute atomic E-state index is 0.0414. The second-order valence-corrected chi connectivity index (χ2v) is 12.5. The molecular weight excluding hydrogens is 342 g/mol. The van der Waals surface area contributed by atoms with Crippen LogP contribution >= 0.6 is 11.6 Å². The Morgan fingerprint density at radius 2 is 2.08 bits per heavy atom. The van der Waals surface area contributed by atoms with Gasteiger partial charge in [0.05, 0.1) is 12.0 Å². The van der Waals surface area contributed by atoms with Gasteiger partial charge in [-0.1, -0.05) is 38.4 Å². The monoisotopic (exact) mass is 367 g/mol. The van der Waals surface area contributed by atoms with Crippen molar-refractivity contribution in [3.8, 4) is 12.3 Å². The first-order valence-corrected chi connectivity index (χ1v) is 11.2. The van der Waals surface area contributed by atoms with E-state index in [9.17, 15) is 9.90 Å². The molecule has 0 aliphatic rings. The number of aliphatic carboxylic acids is 1. The Balaban J connectivity index is 3.27. The average Bonchev–Trinajstić information content (AvgIpc) is 2.45. The summed E-state index contributed by atoms with van der Waals surface area (Å²) in [7, 11) is -2.19. The molecule has 0 aliphatic carbocycles. The first kappa shape index (κ1) is 20.7. The van der Waals surface area contributed by atoms with Crippen LogP contribution in [0.3, 0.4) is 0 Å². The zero-order valence-electron chi connectivity index (χ0n) is 15.0. The molecule has 0 spiro atoms. The van der Waals surface area contributed by atoms with Gasteiger partial charge in [-0.15, -0.1) is 12.3 Å². The highest BCUT2D eigenvalue weighted by Gasteiger charge is 2.42. The number of halogens is 1. The van der Waals surface area contributed by atoms with Gasteiger partial charge in [-0.25, -0.2) is 4.98 Å². The van der Waals surface area contributed by atoms with Gasteiger partial charge in [0, 0.05) is 12.6 Å². The quantitative estimate of drug-likeness (QED) is 0.422. The van der Waals surface area contributed by atoms with Gasteiger partial charge in [0.25, 0.3) is 0 Å². The number of carboxylic acids is 1. The molecule has 0 unspecified atom stereocenters. The normalized spacial score (nSPS) is 14.7. The number of carbonyl (C=O) groups is 1. The van der Waals surface area contributed by atoms with Gasteiger partial charge >= 0.3 is 5.97 Å². The number of carboxylic acid groups (broad SMARTS) is 1. The van der Waals surface area contributed by atoms with Gasteiger partial charge in [0.2, 0.25) is 0 Å². The van der Waals surface area contributed by atoms with Crippen molar-refractivity contribution in [1.29, 1.82) is 0 Å². The van der Waals surface area contributed by atoms with E-state index in [1.807, 2.05) is 0 Å². The second-order valence-electron chi connectivity index (χ2n) is 7.40. The summed E-state index contributed by atoms with van der Waals surface area (Å²) in [5, 5.41) is 10.0. The molecule has 6 heteroatoms. The summed E-state index contributed by atoms with van der Waals surface area (Å²) in [4.78, 5) is 15.9. The molecule has 0 fully saturated rings. The van der Waals surface area contributed by atoms with Crippen molar-refractivity contribution in [3.05, 3.63) is 29.0 Å². The lowest BCUT2D eigenvalue weighted by molar-refractivity contribution is -0.145. The van der Waals surface area contributed by atoms with Gasteiger partial charge in [-0.05, 0) is 36.2 Å². The molecule has 1 aromatic heterocycles. The predicted molar refractivity (Wildman–Crippen MR) is 99.5 cm³/mol. The Morgan fingerprint density at radius 3 is 2.50 bits per heavy atom. The molecule has 0 bridgehead atoms. The third kappa shape index (κ3) is 5.34. The minimum atomic E-state index is -2.19. The van der Waals surface area contributed by atoms with Crippen LogP contribution in [0.25, 0.3) is 0 Å². The van der Waals surface area contributed by atoms with Crippen molar-refractivity contribution < 1.29 is 14.3 Å². The van der Waals surface area contributed by atoms with E-state index >= 15 is 0 Å². The van der Waals surface area contributed by atoms with Gasteiger partial charge in [0.1, 0.15) is 5.15 Å². The highest BCUT2D eigenvalue weighted by atomic mass is 35.5. The molecule has 2 atom stereocenters. The zero-order chi connectivity index (χ0) is 18.5. The summed E-state index contributed by atoms with van der Waals surface area (Å²) in [5.41, 5.74) is 0.716.